The Kier molecular flexibility index (Phi) is 5.70. The van der Waals surface area contributed by atoms with E-state index in [0.717, 1.165) is 29.7 Å². The Labute approximate surface area is 142 Å². The first kappa shape index (κ1) is 16.8. The van der Waals surface area contributed by atoms with Crippen LogP contribution in [0, 0.1) is 0 Å². The number of hydrogen-bond acceptors (Lipinski definition) is 4. The Bertz CT molecular complexity index is 705. The summed E-state index contributed by atoms with van der Waals surface area (Å²) >= 11 is 0. The molecule has 1 aromatic carbocycles. The Balaban J connectivity index is 1.77. The van der Waals surface area contributed by atoms with Gasteiger partial charge in [-0.2, -0.15) is 0 Å². The van der Waals surface area contributed by atoms with E-state index in [4.69, 9.17) is 14.2 Å². The van der Waals surface area contributed by atoms with Crippen molar-refractivity contribution in [2.24, 2.45) is 0 Å². The van der Waals surface area contributed by atoms with Crippen molar-refractivity contribution in [1.29, 1.82) is 0 Å². The zero-order chi connectivity index (χ0) is 16.8. The van der Waals surface area contributed by atoms with Crippen molar-refractivity contribution in [2.75, 3.05) is 0 Å². The molecule has 124 valence electrons. The Morgan fingerprint density at radius 3 is 2.75 bits per heavy atom. The molecule has 1 aromatic heterocycles. The van der Waals surface area contributed by atoms with Crippen LogP contribution in [0.25, 0.3) is 11.6 Å². The topological polar surface area (TPSA) is 62.8 Å². The van der Waals surface area contributed by atoms with E-state index in [1.807, 2.05) is 42.5 Å². The minimum absolute atomic E-state index is 0.0783. The van der Waals surface area contributed by atoms with Gasteiger partial charge in [0.15, 0.2) is 0 Å². The molecular weight excluding hydrogens is 303 g/mol. The number of rotatable bonds is 6. The molecule has 4 nitrogen and oxygen atoms in total. The Morgan fingerprint density at radius 1 is 1.21 bits per heavy atom. The Hall–Kier alpha value is -2.08. The maximum Gasteiger partial charge on any atom is 0.458 e. The summed E-state index contributed by atoms with van der Waals surface area (Å²) in [4.78, 5) is 0. The van der Waals surface area contributed by atoms with Gasteiger partial charge in [-0.05, 0) is 42.2 Å². The first-order valence-corrected chi connectivity index (χ1v) is 8.20. The van der Waals surface area contributed by atoms with Gasteiger partial charge < -0.3 is 19.2 Å². The van der Waals surface area contributed by atoms with Crippen LogP contribution in [0.5, 0.6) is 0 Å². The maximum absolute atomic E-state index is 9.60. The fourth-order valence-corrected chi connectivity index (χ4v) is 2.79. The number of hydrogen-bond donors (Lipinski definition) is 2. The molecule has 0 radical (unpaired) electrons. The molecule has 0 aliphatic carbocycles. The van der Waals surface area contributed by atoms with Crippen molar-refractivity contribution >= 4 is 18.8 Å². The van der Waals surface area contributed by atoms with E-state index >= 15 is 0 Å². The molecule has 2 heterocycles. The van der Waals surface area contributed by atoms with Gasteiger partial charge in [0.2, 0.25) is 0 Å². The minimum atomic E-state index is -0.707. The molecule has 1 atom stereocenters. The van der Waals surface area contributed by atoms with Crippen LogP contribution in [0.4, 0.5) is 0 Å². The van der Waals surface area contributed by atoms with Gasteiger partial charge in [-0.15, -0.1) is 0 Å². The third-order valence-electron chi connectivity index (χ3n) is 4.02. The first-order chi connectivity index (χ1) is 11.7. The molecule has 2 N–H and O–H groups in total. The summed E-state index contributed by atoms with van der Waals surface area (Å²) in [6.45, 7) is -0.104. The quantitative estimate of drug-likeness (QED) is 0.630. The van der Waals surface area contributed by atoms with Crippen LogP contribution in [0.1, 0.15) is 29.9 Å². The second kappa shape index (κ2) is 8.15. The number of aliphatic hydroxyl groups excluding tert-OH is 1. The first-order valence-electron chi connectivity index (χ1n) is 8.20. The van der Waals surface area contributed by atoms with Gasteiger partial charge in [-0.25, -0.2) is 0 Å². The molecule has 0 fully saturated rings. The van der Waals surface area contributed by atoms with Crippen LogP contribution in [-0.2, 0) is 11.3 Å². The van der Waals surface area contributed by atoms with Gasteiger partial charge in [-0.3, -0.25) is 0 Å². The fraction of sp³-hybridized carbons (Fsp3) is 0.263. The van der Waals surface area contributed by atoms with Crippen LogP contribution in [0.2, 0.25) is 6.32 Å². The van der Waals surface area contributed by atoms with Crippen LogP contribution < -0.4 is 0 Å². The normalized spacial score (nSPS) is 18.2. The van der Waals surface area contributed by atoms with E-state index < -0.39 is 7.12 Å². The summed E-state index contributed by atoms with van der Waals surface area (Å²) in [6.07, 6.45) is 8.01. The monoisotopic (exact) mass is 324 g/mol. The van der Waals surface area contributed by atoms with E-state index in [9.17, 15) is 5.02 Å². The summed E-state index contributed by atoms with van der Waals surface area (Å²) in [7, 11) is -0.707. The smallest absolute Gasteiger partial charge is 0.458 e. The highest BCUT2D eigenvalue weighted by molar-refractivity contribution is 6.43. The molecule has 5 heteroatoms. The van der Waals surface area contributed by atoms with Gasteiger partial charge in [-0.1, -0.05) is 42.5 Å². The summed E-state index contributed by atoms with van der Waals surface area (Å²) < 4.78 is 11.1. The predicted octanol–water partition coefficient (Wildman–Crippen LogP) is 3.53. The lowest BCUT2D eigenvalue weighted by atomic mass is 9.82. The summed E-state index contributed by atoms with van der Waals surface area (Å²) in [5, 5.41) is 18.7. The molecule has 0 bridgehead atoms. The SMILES string of the molecule is OCc1ccc(/C=C(/CC[C@@H]2C=CCB(O)O2)c2ccccc2)o1. The predicted molar refractivity (Wildman–Crippen MR) is 95.0 cm³/mol. The lowest BCUT2D eigenvalue weighted by Gasteiger charge is -2.20. The van der Waals surface area contributed by atoms with Crippen molar-refractivity contribution in [3.05, 3.63) is 71.7 Å². The van der Waals surface area contributed by atoms with E-state index in [1.54, 1.807) is 6.07 Å². The largest absolute Gasteiger partial charge is 0.459 e. The van der Waals surface area contributed by atoms with Crippen LogP contribution in [0.3, 0.4) is 0 Å². The molecule has 1 aliphatic rings. The number of benzene rings is 1. The molecule has 0 unspecified atom stereocenters. The molecule has 1 aliphatic heterocycles. The van der Waals surface area contributed by atoms with Gasteiger partial charge in [0.05, 0.1) is 6.10 Å². The molecular formula is C19H21BO4. The van der Waals surface area contributed by atoms with Crippen molar-refractivity contribution in [3.8, 4) is 0 Å². The van der Waals surface area contributed by atoms with Crippen molar-refractivity contribution in [1.82, 2.24) is 0 Å². The zero-order valence-corrected chi connectivity index (χ0v) is 13.5. The lowest BCUT2D eigenvalue weighted by Crippen LogP contribution is -2.27. The third kappa shape index (κ3) is 4.48. The minimum Gasteiger partial charge on any atom is -0.459 e. The average molecular weight is 324 g/mol. The Morgan fingerprint density at radius 2 is 2.04 bits per heavy atom. The molecule has 24 heavy (non-hydrogen) atoms. The number of allylic oxidation sites excluding steroid dienone is 2. The molecule has 0 saturated carbocycles. The lowest BCUT2D eigenvalue weighted by molar-refractivity contribution is 0.193. The maximum atomic E-state index is 9.60. The summed E-state index contributed by atoms with van der Waals surface area (Å²) in [5.41, 5.74) is 2.26. The van der Waals surface area contributed by atoms with Crippen molar-refractivity contribution in [3.63, 3.8) is 0 Å². The van der Waals surface area contributed by atoms with Gasteiger partial charge in [0.1, 0.15) is 18.1 Å². The zero-order valence-electron chi connectivity index (χ0n) is 13.5. The second-order valence-corrected chi connectivity index (χ2v) is 5.83. The number of aliphatic hydroxyl groups is 1. The molecule has 3 rings (SSSR count). The van der Waals surface area contributed by atoms with Crippen molar-refractivity contribution < 1.29 is 19.2 Å². The highest BCUT2D eigenvalue weighted by atomic mass is 16.5. The molecule has 0 spiro atoms. The standard InChI is InChI=1S/C19H21BO4/c21-14-19-11-10-18(23-19)13-16(15-5-2-1-3-6-15)8-9-17-7-4-12-20(22)24-17/h1-7,10-11,13,17,21-22H,8-9,12,14H2/b16-13-/t17-/m0/s1. The third-order valence-corrected chi connectivity index (χ3v) is 4.02. The van der Waals surface area contributed by atoms with E-state index in [0.29, 0.717) is 12.1 Å². The van der Waals surface area contributed by atoms with E-state index in [1.165, 1.54) is 0 Å². The van der Waals surface area contributed by atoms with Gasteiger partial charge >= 0.3 is 7.12 Å². The highest BCUT2D eigenvalue weighted by Gasteiger charge is 2.20. The fourth-order valence-electron chi connectivity index (χ4n) is 2.79. The molecule has 2 aromatic rings. The van der Waals surface area contributed by atoms with Gasteiger partial charge in [0, 0.05) is 6.32 Å². The van der Waals surface area contributed by atoms with Gasteiger partial charge in [0.25, 0.3) is 0 Å². The van der Waals surface area contributed by atoms with Crippen LogP contribution in [-0.4, -0.2) is 23.4 Å². The number of furan rings is 1. The molecule has 0 amide bonds. The van der Waals surface area contributed by atoms with Crippen LogP contribution in [0.15, 0.2) is 59.0 Å². The van der Waals surface area contributed by atoms with Crippen LogP contribution >= 0.6 is 0 Å². The summed E-state index contributed by atoms with van der Waals surface area (Å²) in [5.74, 6) is 1.27. The van der Waals surface area contributed by atoms with Crippen molar-refractivity contribution in [2.45, 2.75) is 31.9 Å². The second-order valence-electron chi connectivity index (χ2n) is 5.83. The average Bonchev–Trinajstić information content (AvgIpc) is 3.07. The summed E-state index contributed by atoms with van der Waals surface area (Å²) in [6, 6.07) is 13.8. The van der Waals surface area contributed by atoms with E-state index in [-0.39, 0.29) is 12.7 Å². The highest BCUT2D eigenvalue weighted by Crippen LogP contribution is 2.26. The van der Waals surface area contributed by atoms with E-state index in [2.05, 4.69) is 12.1 Å². The molecule has 0 saturated heterocycles.